The normalized spacial score (nSPS) is 23.1. The van der Waals surface area contributed by atoms with Gasteiger partial charge < -0.3 is 20.4 Å². The van der Waals surface area contributed by atoms with E-state index in [1.54, 1.807) is 0 Å². The van der Waals surface area contributed by atoms with E-state index in [1.807, 2.05) is 11.8 Å². The van der Waals surface area contributed by atoms with Gasteiger partial charge in [0.15, 0.2) is 5.96 Å². The molecule has 0 aromatic heterocycles. The van der Waals surface area contributed by atoms with Crippen molar-refractivity contribution in [2.24, 2.45) is 4.99 Å². The lowest BCUT2D eigenvalue weighted by Gasteiger charge is -2.33. The van der Waals surface area contributed by atoms with Crippen molar-refractivity contribution in [3.05, 3.63) is 0 Å². The van der Waals surface area contributed by atoms with Crippen LogP contribution in [-0.4, -0.2) is 98.1 Å². The second-order valence-corrected chi connectivity index (χ2v) is 6.86. The van der Waals surface area contributed by atoms with Crippen LogP contribution >= 0.6 is 0 Å². The molecular weight excluding hydrogens is 316 g/mol. The fourth-order valence-electron chi connectivity index (χ4n) is 3.47. The summed E-state index contributed by atoms with van der Waals surface area (Å²) in [6.07, 6.45) is 1.58. The first-order valence-electron chi connectivity index (χ1n) is 9.93. The molecule has 25 heavy (non-hydrogen) atoms. The molecule has 1 amide bonds. The number of hydrogen-bond donors (Lipinski definition) is 2. The molecule has 2 saturated heterocycles. The van der Waals surface area contributed by atoms with Gasteiger partial charge in [-0.15, -0.1) is 0 Å². The lowest BCUT2D eigenvalue weighted by atomic mass is 10.3. The second-order valence-electron chi connectivity index (χ2n) is 6.86. The Morgan fingerprint density at radius 2 is 1.80 bits per heavy atom. The smallest absolute Gasteiger partial charge is 0.222 e. The van der Waals surface area contributed by atoms with Crippen molar-refractivity contribution in [2.45, 2.75) is 39.7 Å². The molecule has 2 aliphatic heterocycles. The molecule has 2 fully saturated rings. The monoisotopic (exact) mass is 352 g/mol. The number of likely N-dealkylation sites (N-methyl/N-ethyl adjacent to an activating group) is 1. The summed E-state index contributed by atoms with van der Waals surface area (Å²) in [5.74, 6) is 1.13. The first-order valence-corrected chi connectivity index (χ1v) is 9.93. The van der Waals surface area contributed by atoms with Gasteiger partial charge in [-0.05, 0) is 19.9 Å². The molecule has 0 bridgehead atoms. The van der Waals surface area contributed by atoms with Crippen molar-refractivity contribution in [3.63, 3.8) is 0 Å². The molecule has 0 spiro atoms. The van der Waals surface area contributed by atoms with E-state index < -0.39 is 0 Å². The molecule has 1 atom stereocenters. The van der Waals surface area contributed by atoms with Gasteiger partial charge in [-0.25, -0.2) is 0 Å². The maximum atomic E-state index is 11.8. The second kappa shape index (κ2) is 10.6. The highest BCUT2D eigenvalue weighted by atomic mass is 16.2. The van der Waals surface area contributed by atoms with Crippen LogP contribution in [0.5, 0.6) is 0 Å². The number of guanidine groups is 1. The van der Waals surface area contributed by atoms with Crippen LogP contribution in [-0.2, 0) is 4.79 Å². The van der Waals surface area contributed by atoms with Crippen LogP contribution in [0.2, 0.25) is 0 Å². The van der Waals surface area contributed by atoms with Crippen LogP contribution < -0.4 is 10.6 Å². The summed E-state index contributed by atoms with van der Waals surface area (Å²) < 4.78 is 0. The lowest BCUT2D eigenvalue weighted by molar-refractivity contribution is -0.129. The van der Waals surface area contributed by atoms with Gasteiger partial charge in [-0.1, -0.05) is 13.8 Å². The molecule has 0 aromatic carbocycles. The minimum absolute atomic E-state index is 0.248. The Morgan fingerprint density at radius 3 is 2.44 bits per heavy atom. The van der Waals surface area contributed by atoms with Gasteiger partial charge in [-0.3, -0.25) is 14.7 Å². The topological polar surface area (TPSA) is 63.2 Å². The van der Waals surface area contributed by atoms with Gasteiger partial charge in [-0.2, -0.15) is 0 Å². The van der Waals surface area contributed by atoms with Crippen molar-refractivity contribution < 1.29 is 4.79 Å². The third-order valence-corrected chi connectivity index (χ3v) is 5.13. The zero-order valence-electron chi connectivity index (χ0n) is 16.3. The number of likely N-dealkylation sites (tertiary alicyclic amines) is 1. The molecule has 0 aromatic rings. The molecule has 0 radical (unpaired) electrons. The first kappa shape index (κ1) is 20.0. The highest BCUT2D eigenvalue weighted by molar-refractivity contribution is 5.80. The van der Waals surface area contributed by atoms with E-state index in [4.69, 9.17) is 4.99 Å². The number of nitrogens with one attached hydrogen (secondary N) is 2. The van der Waals surface area contributed by atoms with Crippen molar-refractivity contribution in [3.8, 4) is 0 Å². The van der Waals surface area contributed by atoms with Gasteiger partial charge in [0.2, 0.25) is 5.91 Å². The van der Waals surface area contributed by atoms with E-state index in [-0.39, 0.29) is 5.91 Å². The third kappa shape index (κ3) is 6.47. The van der Waals surface area contributed by atoms with E-state index in [9.17, 15) is 4.79 Å². The fourth-order valence-corrected chi connectivity index (χ4v) is 3.47. The average Bonchev–Trinajstić information content (AvgIpc) is 3.10. The Hall–Kier alpha value is -1.34. The number of amides is 1. The number of nitrogens with zero attached hydrogens (tertiary/aromatic N) is 4. The van der Waals surface area contributed by atoms with Gasteiger partial charge in [0, 0.05) is 64.8 Å². The zero-order chi connectivity index (χ0) is 18.1. The standard InChI is InChI=1S/C18H36N6O/c1-4-17(25)24-9-7-16(15-24)21-18(19-5-2)20-8-10-23-13-11-22(6-3)12-14-23/h16H,4-15H2,1-3H3,(H2,19,20,21). The van der Waals surface area contributed by atoms with Crippen LogP contribution in [0, 0.1) is 0 Å². The molecule has 7 nitrogen and oxygen atoms in total. The maximum absolute atomic E-state index is 11.8. The predicted molar refractivity (Wildman–Crippen MR) is 103 cm³/mol. The quantitative estimate of drug-likeness (QED) is 0.506. The van der Waals surface area contributed by atoms with Crippen LogP contribution in [0.3, 0.4) is 0 Å². The summed E-state index contributed by atoms with van der Waals surface area (Å²) in [6, 6.07) is 0.307. The van der Waals surface area contributed by atoms with Gasteiger partial charge in [0.25, 0.3) is 0 Å². The predicted octanol–water partition coefficient (Wildman–Crippen LogP) is 0.190. The Kier molecular flexibility index (Phi) is 8.48. The molecule has 144 valence electrons. The molecule has 2 aliphatic rings. The number of rotatable bonds is 7. The Labute approximate surface area is 152 Å². The highest BCUT2D eigenvalue weighted by Crippen LogP contribution is 2.10. The SMILES string of the molecule is CCNC(=NCCN1CCN(CC)CC1)NC1CCN(C(=O)CC)C1. The van der Waals surface area contributed by atoms with Crippen molar-refractivity contribution in [1.29, 1.82) is 0 Å². The van der Waals surface area contributed by atoms with E-state index in [2.05, 4.69) is 34.3 Å². The summed E-state index contributed by atoms with van der Waals surface area (Å²) in [5, 5.41) is 6.83. The van der Waals surface area contributed by atoms with Gasteiger partial charge in [0.1, 0.15) is 0 Å². The number of carbonyl (C=O) groups excluding carboxylic acids is 1. The van der Waals surface area contributed by atoms with Gasteiger partial charge in [0.05, 0.1) is 6.54 Å². The number of carbonyl (C=O) groups is 1. The van der Waals surface area contributed by atoms with Crippen LogP contribution in [0.1, 0.15) is 33.6 Å². The molecule has 0 aliphatic carbocycles. The first-order chi connectivity index (χ1) is 12.2. The lowest BCUT2D eigenvalue weighted by Crippen LogP contribution is -2.47. The Morgan fingerprint density at radius 1 is 1.08 bits per heavy atom. The Balaban J connectivity index is 1.74. The van der Waals surface area contributed by atoms with Crippen molar-refractivity contribution in [1.82, 2.24) is 25.3 Å². The van der Waals surface area contributed by atoms with Crippen LogP contribution in [0.25, 0.3) is 0 Å². The summed E-state index contributed by atoms with van der Waals surface area (Å²) in [6.45, 7) is 16.3. The van der Waals surface area contributed by atoms with E-state index in [0.29, 0.717) is 12.5 Å². The van der Waals surface area contributed by atoms with E-state index in [1.165, 1.54) is 13.1 Å². The number of aliphatic imine (C=N–C) groups is 1. The summed E-state index contributed by atoms with van der Waals surface area (Å²) >= 11 is 0. The molecule has 1 unspecified atom stereocenters. The summed E-state index contributed by atoms with van der Waals surface area (Å²) in [4.78, 5) is 23.5. The molecule has 2 N–H and O–H groups in total. The summed E-state index contributed by atoms with van der Waals surface area (Å²) in [5.41, 5.74) is 0. The fraction of sp³-hybridized carbons (Fsp3) is 0.889. The van der Waals surface area contributed by atoms with E-state index in [0.717, 1.165) is 64.7 Å². The number of hydrogen-bond acceptors (Lipinski definition) is 4. The zero-order valence-corrected chi connectivity index (χ0v) is 16.3. The average molecular weight is 353 g/mol. The molecule has 2 heterocycles. The molecule has 0 saturated carbocycles. The van der Waals surface area contributed by atoms with E-state index >= 15 is 0 Å². The molecule has 2 rings (SSSR count). The van der Waals surface area contributed by atoms with Crippen molar-refractivity contribution >= 4 is 11.9 Å². The number of piperazine rings is 1. The van der Waals surface area contributed by atoms with Crippen molar-refractivity contribution in [2.75, 3.05) is 65.4 Å². The van der Waals surface area contributed by atoms with Gasteiger partial charge >= 0.3 is 0 Å². The Bertz CT molecular complexity index is 433. The van der Waals surface area contributed by atoms with Crippen LogP contribution in [0.4, 0.5) is 0 Å². The summed E-state index contributed by atoms with van der Waals surface area (Å²) in [7, 11) is 0. The minimum atomic E-state index is 0.248. The maximum Gasteiger partial charge on any atom is 0.222 e. The highest BCUT2D eigenvalue weighted by Gasteiger charge is 2.25. The molecule has 7 heteroatoms. The largest absolute Gasteiger partial charge is 0.357 e. The minimum Gasteiger partial charge on any atom is -0.357 e. The third-order valence-electron chi connectivity index (χ3n) is 5.13. The molecular formula is C18H36N6O. The van der Waals surface area contributed by atoms with Crippen LogP contribution in [0.15, 0.2) is 4.99 Å².